The Kier molecular flexibility index (Phi) is 6.55. The molecule has 3 aromatic carbocycles. The first-order chi connectivity index (χ1) is 16.1. The quantitative estimate of drug-likeness (QED) is 0.269. The van der Waals surface area contributed by atoms with Crippen LogP contribution in [0.4, 0.5) is 0 Å². The molecule has 0 saturated carbocycles. The monoisotopic (exact) mass is 440 g/mol. The molecule has 0 unspecified atom stereocenters. The molecule has 0 atom stereocenters. The molecule has 4 rings (SSSR count). The second-order valence-electron chi connectivity index (χ2n) is 7.21. The van der Waals surface area contributed by atoms with Crippen molar-refractivity contribution in [2.45, 2.75) is 0 Å². The fourth-order valence-corrected chi connectivity index (χ4v) is 3.46. The van der Waals surface area contributed by atoms with Crippen LogP contribution in [0.3, 0.4) is 0 Å². The second-order valence-corrected chi connectivity index (χ2v) is 7.21. The van der Waals surface area contributed by atoms with Crippen molar-refractivity contribution in [1.29, 1.82) is 0 Å². The molecule has 0 aliphatic heterocycles. The Morgan fingerprint density at radius 1 is 0.848 bits per heavy atom. The Hall–Kier alpha value is -4.32. The van der Waals surface area contributed by atoms with Gasteiger partial charge in [0.1, 0.15) is 17.2 Å². The van der Waals surface area contributed by atoms with Crippen molar-refractivity contribution >= 4 is 11.9 Å². The minimum absolute atomic E-state index is 0.195. The zero-order valence-corrected chi connectivity index (χ0v) is 18.7. The first-order valence-corrected chi connectivity index (χ1v) is 10.4. The van der Waals surface area contributed by atoms with E-state index in [4.69, 9.17) is 19.3 Å². The summed E-state index contributed by atoms with van der Waals surface area (Å²) in [5.41, 5.74) is 3.82. The molecule has 33 heavy (non-hydrogen) atoms. The first-order valence-electron chi connectivity index (χ1n) is 10.4. The van der Waals surface area contributed by atoms with E-state index >= 15 is 0 Å². The van der Waals surface area contributed by atoms with Crippen LogP contribution >= 0.6 is 0 Å². The number of carbonyl (C=O) groups is 1. The number of ether oxygens (including phenoxy) is 3. The summed E-state index contributed by atoms with van der Waals surface area (Å²) < 4.78 is 17.7. The van der Waals surface area contributed by atoms with Crippen LogP contribution in [0, 0.1) is 0 Å². The molecule has 0 amide bonds. The van der Waals surface area contributed by atoms with E-state index in [0.717, 1.165) is 28.3 Å². The number of aromatic nitrogens is 2. The average molecular weight is 440 g/mol. The van der Waals surface area contributed by atoms with Crippen LogP contribution in [0.2, 0.25) is 0 Å². The van der Waals surface area contributed by atoms with Crippen LogP contribution in [0.5, 0.6) is 17.2 Å². The minimum atomic E-state index is -0.195. The highest BCUT2D eigenvalue weighted by atomic mass is 16.5. The van der Waals surface area contributed by atoms with E-state index in [1.807, 2.05) is 60.8 Å². The van der Waals surface area contributed by atoms with Gasteiger partial charge in [0.05, 0.1) is 38.3 Å². The number of para-hydroxylation sites is 1. The Morgan fingerprint density at radius 2 is 1.55 bits per heavy atom. The number of ketones is 1. The van der Waals surface area contributed by atoms with Crippen LogP contribution < -0.4 is 14.2 Å². The SMILES string of the molecule is COc1ccc(-c2nn(-c3ccccc3)cc2C=CC(=O)c2cc(OC)ccc2OC)cc1. The van der Waals surface area contributed by atoms with E-state index in [2.05, 4.69) is 0 Å². The van der Waals surface area contributed by atoms with Crippen molar-refractivity contribution in [3.63, 3.8) is 0 Å². The van der Waals surface area contributed by atoms with E-state index in [0.29, 0.717) is 17.1 Å². The highest BCUT2D eigenvalue weighted by Gasteiger charge is 2.14. The third-order valence-electron chi connectivity index (χ3n) is 5.21. The topological polar surface area (TPSA) is 62.6 Å². The fourth-order valence-electron chi connectivity index (χ4n) is 3.46. The smallest absolute Gasteiger partial charge is 0.189 e. The summed E-state index contributed by atoms with van der Waals surface area (Å²) in [7, 11) is 4.73. The molecule has 0 radical (unpaired) electrons. The predicted octanol–water partition coefficient (Wildman–Crippen LogP) is 5.46. The van der Waals surface area contributed by atoms with Gasteiger partial charge in [0.2, 0.25) is 0 Å². The third kappa shape index (κ3) is 4.80. The molecule has 6 heteroatoms. The van der Waals surface area contributed by atoms with Gasteiger partial charge in [-0.15, -0.1) is 0 Å². The lowest BCUT2D eigenvalue weighted by molar-refractivity contribution is 0.104. The molecule has 4 aromatic rings. The summed E-state index contributed by atoms with van der Waals surface area (Å²) >= 11 is 0. The van der Waals surface area contributed by atoms with Gasteiger partial charge in [0, 0.05) is 17.3 Å². The van der Waals surface area contributed by atoms with Crippen molar-refractivity contribution in [2.24, 2.45) is 0 Å². The van der Waals surface area contributed by atoms with Crippen LogP contribution in [-0.2, 0) is 0 Å². The van der Waals surface area contributed by atoms with Crippen LogP contribution in [-0.4, -0.2) is 36.9 Å². The fraction of sp³-hybridized carbons (Fsp3) is 0.111. The lowest BCUT2D eigenvalue weighted by Crippen LogP contribution is -1.99. The van der Waals surface area contributed by atoms with E-state index in [-0.39, 0.29) is 5.78 Å². The largest absolute Gasteiger partial charge is 0.497 e. The predicted molar refractivity (Wildman–Crippen MR) is 128 cm³/mol. The van der Waals surface area contributed by atoms with Gasteiger partial charge in [0.25, 0.3) is 0 Å². The molecule has 0 aliphatic rings. The summed E-state index contributed by atoms with van der Waals surface area (Å²) in [6.07, 6.45) is 5.20. The lowest BCUT2D eigenvalue weighted by atomic mass is 10.1. The third-order valence-corrected chi connectivity index (χ3v) is 5.21. The molecule has 6 nitrogen and oxygen atoms in total. The number of rotatable bonds is 8. The Labute approximate surface area is 192 Å². The summed E-state index contributed by atoms with van der Waals surface area (Å²) in [6.45, 7) is 0. The Morgan fingerprint density at radius 3 is 2.21 bits per heavy atom. The van der Waals surface area contributed by atoms with Gasteiger partial charge < -0.3 is 14.2 Å². The second kappa shape index (κ2) is 9.87. The zero-order chi connectivity index (χ0) is 23.2. The van der Waals surface area contributed by atoms with Crippen LogP contribution in [0.25, 0.3) is 23.0 Å². The number of hydrogen-bond acceptors (Lipinski definition) is 5. The van der Waals surface area contributed by atoms with Gasteiger partial charge in [-0.05, 0) is 66.7 Å². The highest BCUT2D eigenvalue weighted by Crippen LogP contribution is 2.28. The molecule has 166 valence electrons. The van der Waals surface area contributed by atoms with Gasteiger partial charge in [0.15, 0.2) is 5.78 Å². The number of carbonyl (C=O) groups excluding carboxylic acids is 1. The maximum Gasteiger partial charge on any atom is 0.189 e. The van der Waals surface area contributed by atoms with Crippen molar-refractivity contribution < 1.29 is 19.0 Å². The van der Waals surface area contributed by atoms with E-state index < -0.39 is 0 Å². The number of benzene rings is 3. The number of hydrogen-bond donors (Lipinski definition) is 0. The summed E-state index contributed by atoms with van der Waals surface area (Å²) in [4.78, 5) is 13.0. The highest BCUT2D eigenvalue weighted by molar-refractivity contribution is 6.09. The van der Waals surface area contributed by atoms with Gasteiger partial charge in [-0.1, -0.05) is 18.2 Å². The van der Waals surface area contributed by atoms with Crippen LogP contribution in [0.1, 0.15) is 15.9 Å². The molecule has 0 N–H and O–H groups in total. The molecule has 0 aliphatic carbocycles. The van der Waals surface area contributed by atoms with Gasteiger partial charge in [-0.3, -0.25) is 4.79 Å². The van der Waals surface area contributed by atoms with Crippen molar-refractivity contribution in [1.82, 2.24) is 9.78 Å². The molecule has 0 spiro atoms. The minimum Gasteiger partial charge on any atom is -0.497 e. The molecular formula is C27H24N2O4. The maximum absolute atomic E-state index is 13.0. The standard InChI is InChI=1S/C27H24N2O4/c1-31-22-12-9-19(10-13-22)27-20(18-29(28-27)21-7-5-4-6-8-21)11-15-25(30)24-17-23(32-2)14-16-26(24)33-3/h4-18H,1-3H3. The molecular weight excluding hydrogens is 416 g/mol. The van der Waals surface area contributed by atoms with Gasteiger partial charge in [-0.2, -0.15) is 5.10 Å². The molecule has 0 bridgehead atoms. The summed E-state index contributed by atoms with van der Waals surface area (Å²) in [5.74, 6) is 1.64. The first kappa shape index (κ1) is 21.9. The summed E-state index contributed by atoms with van der Waals surface area (Å²) in [6, 6.07) is 22.6. The van der Waals surface area contributed by atoms with Crippen molar-refractivity contribution in [2.75, 3.05) is 21.3 Å². The average Bonchev–Trinajstić information content (AvgIpc) is 3.31. The van der Waals surface area contributed by atoms with E-state index in [1.54, 1.807) is 43.2 Å². The van der Waals surface area contributed by atoms with Gasteiger partial charge in [-0.25, -0.2) is 4.68 Å². The summed E-state index contributed by atoms with van der Waals surface area (Å²) in [5, 5.41) is 4.79. The molecule has 0 fully saturated rings. The van der Waals surface area contributed by atoms with Gasteiger partial charge >= 0.3 is 0 Å². The maximum atomic E-state index is 13.0. The molecule has 1 heterocycles. The Bertz CT molecular complexity index is 1280. The molecule has 0 saturated heterocycles. The normalized spacial score (nSPS) is 10.9. The van der Waals surface area contributed by atoms with Crippen LogP contribution in [0.15, 0.2) is 85.1 Å². The van der Waals surface area contributed by atoms with Crippen molar-refractivity contribution in [3.05, 3.63) is 96.2 Å². The van der Waals surface area contributed by atoms with E-state index in [1.165, 1.54) is 13.2 Å². The number of allylic oxidation sites excluding steroid dienone is 1. The Balaban J connectivity index is 1.73. The molecule has 1 aromatic heterocycles. The zero-order valence-electron chi connectivity index (χ0n) is 18.7. The van der Waals surface area contributed by atoms with E-state index in [9.17, 15) is 4.79 Å². The number of methoxy groups -OCH3 is 3. The number of nitrogens with zero attached hydrogens (tertiary/aromatic N) is 2. The van der Waals surface area contributed by atoms with Crippen molar-refractivity contribution in [3.8, 4) is 34.2 Å². The lowest BCUT2D eigenvalue weighted by Gasteiger charge is -2.07.